The molecule has 0 aliphatic carbocycles. The summed E-state index contributed by atoms with van der Waals surface area (Å²) < 4.78 is 28.4. The molecule has 0 saturated carbocycles. The second-order valence-corrected chi connectivity index (χ2v) is 8.98. The summed E-state index contributed by atoms with van der Waals surface area (Å²) in [6.45, 7) is 1.56. The standard InChI is InChI=1S/C17H17BrN6O3S/c1-12-3-6-14(9-16(12)24-11-19-21-22-24)20-17(25)10-23(2)28(26,27)15-7-4-13(18)5-8-15/h3-9,11H,10H2,1-2H3,(H,20,25). The van der Waals surface area contributed by atoms with Gasteiger partial charge in [0, 0.05) is 17.2 Å². The Morgan fingerprint density at radius 3 is 2.57 bits per heavy atom. The summed E-state index contributed by atoms with van der Waals surface area (Å²) in [6.07, 6.45) is 1.45. The summed E-state index contributed by atoms with van der Waals surface area (Å²) in [4.78, 5) is 12.5. The average Bonchev–Trinajstić information content (AvgIpc) is 3.18. The molecule has 1 heterocycles. The third-order valence-electron chi connectivity index (χ3n) is 3.98. The molecule has 0 aliphatic rings. The fourth-order valence-corrected chi connectivity index (χ4v) is 3.87. The zero-order chi connectivity index (χ0) is 20.3. The molecule has 1 N–H and O–H groups in total. The number of sulfonamides is 1. The Labute approximate surface area is 170 Å². The number of amides is 1. The van der Waals surface area contributed by atoms with Crippen molar-refractivity contribution in [2.75, 3.05) is 18.9 Å². The highest BCUT2D eigenvalue weighted by Crippen LogP contribution is 2.20. The number of carbonyl (C=O) groups excluding carboxylic acids is 1. The van der Waals surface area contributed by atoms with E-state index in [1.807, 2.05) is 13.0 Å². The summed E-state index contributed by atoms with van der Waals surface area (Å²) in [5.74, 6) is -0.463. The first-order valence-electron chi connectivity index (χ1n) is 8.13. The summed E-state index contributed by atoms with van der Waals surface area (Å²) in [5.41, 5.74) is 2.13. The highest BCUT2D eigenvalue weighted by Gasteiger charge is 2.23. The van der Waals surface area contributed by atoms with Crippen LogP contribution in [0.4, 0.5) is 5.69 Å². The van der Waals surface area contributed by atoms with E-state index in [9.17, 15) is 13.2 Å². The van der Waals surface area contributed by atoms with Gasteiger partial charge in [-0.3, -0.25) is 4.79 Å². The lowest BCUT2D eigenvalue weighted by Crippen LogP contribution is -2.35. The maximum Gasteiger partial charge on any atom is 0.243 e. The normalized spacial score (nSPS) is 11.6. The first kappa shape index (κ1) is 20.1. The van der Waals surface area contributed by atoms with Crippen molar-refractivity contribution in [3.8, 4) is 5.69 Å². The van der Waals surface area contributed by atoms with Crippen molar-refractivity contribution in [2.24, 2.45) is 0 Å². The molecule has 1 amide bonds. The minimum absolute atomic E-state index is 0.113. The Morgan fingerprint density at radius 1 is 1.21 bits per heavy atom. The van der Waals surface area contributed by atoms with Crippen LogP contribution in [0.5, 0.6) is 0 Å². The van der Waals surface area contributed by atoms with Crippen molar-refractivity contribution < 1.29 is 13.2 Å². The predicted octanol–water partition coefficient (Wildman–Crippen LogP) is 1.99. The van der Waals surface area contributed by atoms with Crippen LogP contribution in [-0.2, 0) is 14.8 Å². The Hall–Kier alpha value is -2.63. The van der Waals surface area contributed by atoms with Gasteiger partial charge in [-0.2, -0.15) is 4.31 Å². The molecule has 3 rings (SSSR count). The lowest BCUT2D eigenvalue weighted by molar-refractivity contribution is -0.116. The number of hydrogen-bond acceptors (Lipinski definition) is 6. The van der Waals surface area contributed by atoms with Crippen LogP contribution >= 0.6 is 15.9 Å². The Balaban J connectivity index is 1.72. The van der Waals surface area contributed by atoms with Gasteiger partial charge in [-0.05, 0) is 59.3 Å². The van der Waals surface area contributed by atoms with Crippen LogP contribution in [0.1, 0.15) is 5.56 Å². The van der Waals surface area contributed by atoms with Gasteiger partial charge < -0.3 is 5.32 Å². The maximum absolute atomic E-state index is 12.6. The second-order valence-electron chi connectivity index (χ2n) is 6.02. The molecule has 0 radical (unpaired) electrons. The number of anilines is 1. The van der Waals surface area contributed by atoms with E-state index in [1.165, 1.54) is 30.2 Å². The molecule has 0 aliphatic heterocycles. The van der Waals surface area contributed by atoms with Crippen molar-refractivity contribution in [3.63, 3.8) is 0 Å². The molecule has 0 bridgehead atoms. The number of nitrogens with one attached hydrogen (secondary N) is 1. The van der Waals surface area contributed by atoms with Gasteiger partial charge in [0.15, 0.2) is 0 Å². The lowest BCUT2D eigenvalue weighted by Gasteiger charge is -2.17. The molecule has 0 unspecified atom stereocenters. The number of hydrogen-bond donors (Lipinski definition) is 1. The Bertz CT molecular complexity index is 1080. The monoisotopic (exact) mass is 464 g/mol. The van der Waals surface area contributed by atoms with Crippen LogP contribution in [0.3, 0.4) is 0 Å². The molecule has 0 saturated heterocycles. The zero-order valence-electron chi connectivity index (χ0n) is 15.1. The van der Waals surface area contributed by atoms with Crippen LogP contribution in [0.15, 0.2) is 58.2 Å². The first-order chi connectivity index (χ1) is 13.3. The SMILES string of the molecule is Cc1ccc(NC(=O)CN(C)S(=O)(=O)c2ccc(Br)cc2)cc1-n1cnnn1. The van der Waals surface area contributed by atoms with Crippen LogP contribution in [0, 0.1) is 6.92 Å². The summed E-state index contributed by atoms with van der Waals surface area (Å²) >= 11 is 3.27. The Kier molecular flexibility index (Phi) is 5.87. The minimum Gasteiger partial charge on any atom is -0.325 e. The van der Waals surface area contributed by atoms with Crippen molar-refractivity contribution in [1.29, 1.82) is 0 Å². The van der Waals surface area contributed by atoms with Gasteiger partial charge in [-0.1, -0.05) is 22.0 Å². The van der Waals surface area contributed by atoms with Crippen molar-refractivity contribution >= 4 is 37.5 Å². The average molecular weight is 465 g/mol. The number of halogens is 1. The van der Waals surface area contributed by atoms with Crippen molar-refractivity contribution in [3.05, 3.63) is 58.8 Å². The van der Waals surface area contributed by atoms with Crippen LogP contribution in [-0.4, -0.2) is 52.4 Å². The quantitative estimate of drug-likeness (QED) is 0.597. The number of aromatic nitrogens is 4. The molecule has 28 heavy (non-hydrogen) atoms. The number of likely N-dealkylation sites (N-methyl/N-ethyl adjacent to an activating group) is 1. The third-order valence-corrected chi connectivity index (χ3v) is 6.32. The number of carbonyl (C=O) groups is 1. The number of nitrogens with zero attached hydrogens (tertiary/aromatic N) is 5. The second kappa shape index (κ2) is 8.17. The maximum atomic E-state index is 12.6. The fourth-order valence-electron chi connectivity index (χ4n) is 2.48. The van der Waals surface area contributed by atoms with E-state index in [0.717, 1.165) is 14.3 Å². The molecule has 2 aromatic carbocycles. The van der Waals surface area contributed by atoms with Crippen molar-refractivity contribution in [2.45, 2.75) is 11.8 Å². The minimum atomic E-state index is -3.77. The molecule has 0 spiro atoms. The molecular formula is C17H17BrN6O3S. The zero-order valence-corrected chi connectivity index (χ0v) is 17.5. The first-order valence-corrected chi connectivity index (χ1v) is 10.4. The molecule has 1 aromatic heterocycles. The van der Waals surface area contributed by atoms with Crippen molar-refractivity contribution in [1.82, 2.24) is 24.5 Å². The van der Waals surface area contributed by atoms with Gasteiger partial charge in [-0.25, -0.2) is 13.1 Å². The highest BCUT2D eigenvalue weighted by atomic mass is 79.9. The molecule has 11 heteroatoms. The summed E-state index contributed by atoms with van der Waals surface area (Å²) in [6, 6.07) is 11.5. The fraction of sp³-hybridized carbons (Fsp3) is 0.176. The molecular weight excluding hydrogens is 448 g/mol. The largest absolute Gasteiger partial charge is 0.325 e. The number of tetrazole rings is 1. The highest BCUT2D eigenvalue weighted by molar-refractivity contribution is 9.10. The molecule has 3 aromatic rings. The van der Waals surface area contributed by atoms with Crippen LogP contribution in [0.25, 0.3) is 5.69 Å². The summed E-state index contributed by atoms with van der Waals surface area (Å²) in [7, 11) is -2.41. The van der Waals surface area contributed by atoms with E-state index in [0.29, 0.717) is 11.4 Å². The molecule has 0 fully saturated rings. The number of rotatable bonds is 6. The van der Waals surface area contributed by atoms with Gasteiger partial charge in [0.25, 0.3) is 0 Å². The van der Waals surface area contributed by atoms with E-state index in [2.05, 4.69) is 36.8 Å². The van der Waals surface area contributed by atoms with Gasteiger partial charge in [0.1, 0.15) is 6.33 Å². The van der Waals surface area contributed by atoms with Crippen LogP contribution in [0.2, 0.25) is 0 Å². The van der Waals surface area contributed by atoms with E-state index in [4.69, 9.17) is 0 Å². The topological polar surface area (TPSA) is 110 Å². The van der Waals surface area contributed by atoms with E-state index in [1.54, 1.807) is 24.3 Å². The summed E-state index contributed by atoms with van der Waals surface area (Å²) in [5, 5.41) is 13.7. The van der Waals surface area contributed by atoms with E-state index < -0.39 is 15.9 Å². The molecule has 0 atom stereocenters. The number of benzene rings is 2. The Morgan fingerprint density at radius 2 is 1.93 bits per heavy atom. The number of aryl methyl sites for hydroxylation is 1. The van der Waals surface area contributed by atoms with Gasteiger partial charge >= 0.3 is 0 Å². The van der Waals surface area contributed by atoms with Gasteiger partial charge in [-0.15, -0.1) is 5.10 Å². The van der Waals surface area contributed by atoms with Crippen LogP contribution < -0.4 is 5.32 Å². The smallest absolute Gasteiger partial charge is 0.243 e. The van der Waals surface area contributed by atoms with E-state index in [-0.39, 0.29) is 11.4 Å². The van der Waals surface area contributed by atoms with Gasteiger partial charge in [0.2, 0.25) is 15.9 Å². The predicted molar refractivity (Wildman–Crippen MR) is 106 cm³/mol. The molecule has 146 valence electrons. The molecule has 9 nitrogen and oxygen atoms in total. The van der Waals surface area contributed by atoms with E-state index >= 15 is 0 Å². The van der Waals surface area contributed by atoms with Gasteiger partial charge in [0.05, 0.1) is 17.1 Å². The third kappa shape index (κ3) is 4.43. The lowest BCUT2D eigenvalue weighted by atomic mass is 10.2.